The maximum atomic E-state index is 13.9. The van der Waals surface area contributed by atoms with Crippen molar-refractivity contribution in [3.8, 4) is 16.9 Å². The van der Waals surface area contributed by atoms with Crippen molar-refractivity contribution in [2.45, 2.75) is 19.8 Å². The number of benzene rings is 3. The van der Waals surface area contributed by atoms with Crippen molar-refractivity contribution in [2.24, 2.45) is 0 Å². The van der Waals surface area contributed by atoms with E-state index < -0.39 is 11.6 Å². The summed E-state index contributed by atoms with van der Waals surface area (Å²) in [5.74, 6) is -0.281. The average molecular weight is 312 g/mol. The number of unbranched alkanes of at least 4 members (excludes halogenated alkanes) is 1. The Kier molecular flexibility index (Phi) is 4.56. The third-order valence-electron chi connectivity index (χ3n) is 3.82. The van der Waals surface area contributed by atoms with Crippen molar-refractivity contribution < 1.29 is 13.5 Å². The number of hydrogen-bond acceptors (Lipinski definition) is 1. The van der Waals surface area contributed by atoms with Gasteiger partial charge in [-0.05, 0) is 53.1 Å². The molecule has 0 atom stereocenters. The highest BCUT2D eigenvalue weighted by Gasteiger charge is 2.07. The average Bonchev–Trinajstić information content (AvgIpc) is 2.55. The zero-order valence-corrected chi connectivity index (χ0v) is 13.0. The maximum Gasteiger partial charge on any atom is 0.133 e. The quantitative estimate of drug-likeness (QED) is 0.528. The summed E-state index contributed by atoms with van der Waals surface area (Å²) in [5, 5.41) is 2.03. The van der Waals surface area contributed by atoms with Gasteiger partial charge in [0.05, 0.1) is 6.61 Å². The molecule has 0 spiro atoms. The molecule has 3 aromatic rings. The lowest BCUT2D eigenvalue weighted by molar-refractivity contribution is 0.310. The van der Waals surface area contributed by atoms with E-state index in [0.717, 1.165) is 41.0 Å². The molecule has 0 saturated heterocycles. The van der Waals surface area contributed by atoms with E-state index >= 15 is 0 Å². The second kappa shape index (κ2) is 6.78. The number of hydrogen-bond donors (Lipinski definition) is 0. The molecule has 0 fully saturated rings. The molecule has 0 aliphatic heterocycles. The second-order valence-electron chi connectivity index (χ2n) is 5.55. The number of halogens is 2. The Hall–Kier alpha value is -2.42. The summed E-state index contributed by atoms with van der Waals surface area (Å²) in [5.41, 5.74) is 1.13. The normalized spacial score (nSPS) is 10.9. The molecule has 3 aromatic carbocycles. The van der Waals surface area contributed by atoms with Gasteiger partial charge in [0.15, 0.2) is 0 Å². The van der Waals surface area contributed by atoms with Gasteiger partial charge in [-0.15, -0.1) is 0 Å². The van der Waals surface area contributed by atoms with Crippen LogP contribution in [0.3, 0.4) is 0 Å². The van der Waals surface area contributed by atoms with Gasteiger partial charge in [0.25, 0.3) is 0 Å². The van der Waals surface area contributed by atoms with E-state index in [0.29, 0.717) is 12.2 Å². The highest BCUT2D eigenvalue weighted by atomic mass is 19.1. The Morgan fingerprint density at radius 2 is 1.65 bits per heavy atom. The highest BCUT2D eigenvalue weighted by Crippen LogP contribution is 2.29. The molecule has 0 aromatic heterocycles. The van der Waals surface area contributed by atoms with Gasteiger partial charge in [-0.25, -0.2) is 8.78 Å². The summed E-state index contributed by atoms with van der Waals surface area (Å²) in [4.78, 5) is 0. The molecule has 0 N–H and O–H groups in total. The van der Waals surface area contributed by atoms with Gasteiger partial charge >= 0.3 is 0 Å². The minimum absolute atomic E-state index is 0.400. The van der Waals surface area contributed by atoms with Crippen LogP contribution in [0.4, 0.5) is 8.78 Å². The van der Waals surface area contributed by atoms with E-state index in [-0.39, 0.29) is 0 Å². The van der Waals surface area contributed by atoms with Crippen LogP contribution < -0.4 is 4.74 Å². The third-order valence-corrected chi connectivity index (χ3v) is 3.82. The fraction of sp³-hybridized carbons (Fsp3) is 0.200. The molecule has 23 heavy (non-hydrogen) atoms. The van der Waals surface area contributed by atoms with Gasteiger partial charge in [-0.2, -0.15) is 0 Å². The summed E-state index contributed by atoms with van der Waals surface area (Å²) < 4.78 is 32.6. The molecule has 0 saturated carbocycles. The minimum Gasteiger partial charge on any atom is -0.494 e. The van der Waals surface area contributed by atoms with Gasteiger partial charge in [0.2, 0.25) is 0 Å². The fourth-order valence-electron chi connectivity index (χ4n) is 2.54. The molecular formula is C20H18F2O. The molecule has 0 amide bonds. The molecule has 3 rings (SSSR count). The summed E-state index contributed by atoms with van der Waals surface area (Å²) in [6, 6.07) is 15.2. The van der Waals surface area contributed by atoms with Crippen molar-refractivity contribution in [3.05, 3.63) is 66.2 Å². The van der Waals surface area contributed by atoms with Crippen LogP contribution in [0.2, 0.25) is 0 Å². The SMILES string of the molecule is CCCCOc1ccc2cc(-c3ccc(F)cc3F)ccc2c1. The molecule has 0 bridgehead atoms. The Bertz CT molecular complexity index is 827. The molecule has 3 heteroatoms. The molecular weight excluding hydrogens is 294 g/mol. The highest BCUT2D eigenvalue weighted by molar-refractivity contribution is 5.88. The Morgan fingerprint density at radius 1 is 0.870 bits per heavy atom. The van der Waals surface area contributed by atoms with Crippen molar-refractivity contribution in [3.63, 3.8) is 0 Å². The summed E-state index contributed by atoms with van der Waals surface area (Å²) in [7, 11) is 0. The van der Waals surface area contributed by atoms with Crippen molar-refractivity contribution in [2.75, 3.05) is 6.61 Å². The monoisotopic (exact) mass is 312 g/mol. The number of fused-ring (bicyclic) bond motifs is 1. The van der Waals surface area contributed by atoms with Crippen LogP contribution in [0, 0.1) is 11.6 Å². The van der Waals surface area contributed by atoms with Crippen LogP contribution in [0.1, 0.15) is 19.8 Å². The molecule has 0 radical (unpaired) electrons. The van der Waals surface area contributed by atoms with Gasteiger partial charge in [-0.1, -0.05) is 31.5 Å². The zero-order chi connectivity index (χ0) is 16.2. The number of ether oxygens (including phenoxy) is 1. The van der Waals surface area contributed by atoms with E-state index in [1.54, 1.807) is 0 Å². The second-order valence-corrected chi connectivity index (χ2v) is 5.55. The van der Waals surface area contributed by atoms with E-state index in [1.165, 1.54) is 12.1 Å². The summed E-state index contributed by atoms with van der Waals surface area (Å²) in [6.45, 7) is 2.83. The van der Waals surface area contributed by atoms with Gasteiger partial charge < -0.3 is 4.74 Å². The van der Waals surface area contributed by atoms with E-state index in [2.05, 4.69) is 6.92 Å². The van der Waals surface area contributed by atoms with Crippen LogP contribution in [-0.2, 0) is 0 Å². The molecule has 118 valence electrons. The fourth-order valence-corrected chi connectivity index (χ4v) is 2.54. The van der Waals surface area contributed by atoms with Gasteiger partial charge in [0, 0.05) is 11.6 Å². The minimum atomic E-state index is -0.569. The third kappa shape index (κ3) is 3.50. The van der Waals surface area contributed by atoms with Crippen LogP contribution >= 0.6 is 0 Å². The van der Waals surface area contributed by atoms with Crippen LogP contribution in [0.5, 0.6) is 5.75 Å². The van der Waals surface area contributed by atoms with Gasteiger partial charge in [0.1, 0.15) is 17.4 Å². The summed E-state index contributed by atoms with van der Waals surface area (Å²) in [6.07, 6.45) is 2.13. The van der Waals surface area contributed by atoms with Crippen LogP contribution in [0.15, 0.2) is 54.6 Å². The largest absolute Gasteiger partial charge is 0.494 e. The predicted molar refractivity (Wildman–Crippen MR) is 89.7 cm³/mol. The lowest BCUT2D eigenvalue weighted by Crippen LogP contribution is -1.96. The van der Waals surface area contributed by atoms with E-state index in [1.807, 2.05) is 36.4 Å². The first-order valence-electron chi connectivity index (χ1n) is 7.79. The molecule has 0 unspecified atom stereocenters. The predicted octanol–water partition coefficient (Wildman–Crippen LogP) is 5.96. The first-order valence-corrected chi connectivity index (χ1v) is 7.79. The zero-order valence-electron chi connectivity index (χ0n) is 13.0. The van der Waals surface area contributed by atoms with E-state index in [9.17, 15) is 8.78 Å². The molecule has 0 aliphatic rings. The first kappa shape index (κ1) is 15.5. The van der Waals surface area contributed by atoms with Crippen molar-refractivity contribution >= 4 is 10.8 Å². The van der Waals surface area contributed by atoms with Crippen LogP contribution in [-0.4, -0.2) is 6.61 Å². The lowest BCUT2D eigenvalue weighted by atomic mass is 10.0. The first-order chi connectivity index (χ1) is 11.2. The molecule has 0 heterocycles. The van der Waals surface area contributed by atoms with Gasteiger partial charge in [-0.3, -0.25) is 0 Å². The van der Waals surface area contributed by atoms with Crippen molar-refractivity contribution in [1.29, 1.82) is 0 Å². The Labute approximate surface area is 134 Å². The molecule has 1 nitrogen and oxygen atoms in total. The number of rotatable bonds is 5. The van der Waals surface area contributed by atoms with Crippen LogP contribution in [0.25, 0.3) is 21.9 Å². The lowest BCUT2D eigenvalue weighted by Gasteiger charge is -2.09. The summed E-state index contributed by atoms with van der Waals surface area (Å²) >= 11 is 0. The smallest absolute Gasteiger partial charge is 0.133 e. The van der Waals surface area contributed by atoms with E-state index in [4.69, 9.17) is 4.74 Å². The standard InChI is InChI=1S/C20H18F2O/c1-2-3-10-23-18-8-6-14-11-16(5-4-15(14)12-18)19-9-7-17(21)13-20(19)22/h4-9,11-13H,2-3,10H2,1H3. The topological polar surface area (TPSA) is 9.23 Å². The Morgan fingerprint density at radius 3 is 2.43 bits per heavy atom. The van der Waals surface area contributed by atoms with Crippen molar-refractivity contribution in [1.82, 2.24) is 0 Å². The maximum absolute atomic E-state index is 13.9. The molecule has 0 aliphatic carbocycles. The Balaban J connectivity index is 1.91.